The molecule has 0 saturated carbocycles. The number of hydrogen-bond acceptors (Lipinski definition) is 4. The number of hydrazine groups is 2. The van der Waals surface area contributed by atoms with Gasteiger partial charge in [-0.25, -0.2) is 4.79 Å². The Hall–Kier alpha value is -1.94. The molecule has 0 aliphatic carbocycles. The van der Waals surface area contributed by atoms with Crippen LogP contribution < -0.4 is 22.1 Å². The van der Waals surface area contributed by atoms with E-state index < -0.39 is 17.8 Å². The molecule has 0 fully saturated rings. The smallest absolute Gasteiger partial charge is 0.306 e. The molecular formula is C15H14ClF3N4OS. The number of alkyl halides is 3. The number of halogens is 4. The fourth-order valence-electron chi connectivity index (χ4n) is 2.05. The molecule has 134 valence electrons. The van der Waals surface area contributed by atoms with Gasteiger partial charge >= 0.3 is 12.2 Å². The summed E-state index contributed by atoms with van der Waals surface area (Å²) in [6.45, 7) is 0. The Bertz CT molecular complexity index is 758. The number of hydrogen-bond donors (Lipinski definition) is 4. The molecule has 25 heavy (non-hydrogen) atoms. The third kappa shape index (κ3) is 5.27. The minimum Gasteiger partial charge on any atom is -0.306 e. The molecule has 5 N–H and O–H groups in total. The standard InChI is InChI=1S/C15H14ClF3N4OS/c16-11-6-3-7-12(21-14(24)22-23-20)13(11)25-8-9-4-1-2-5-10(9)15(17,18)19/h1-7,23H,8,20H2,(H2,21,22,24). The SMILES string of the molecule is NNNC(=O)Nc1cccc(Cl)c1SCc1ccccc1C(F)(F)F. The molecule has 0 aromatic heterocycles. The Morgan fingerprint density at radius 2 is 1.88 bits per heavy atom. The molecule has 0 heterocycles. The van der Waals surface area contributed by atoms with Crippen LogP contribution in [0.4, 0.5) is 23.7 Å². The predicted octanol–water partition coefficient (Wildman–Crippen LogP) is 4.15. The Balaban J connectivity index is 2.23. The molecule has 10 heteroatoms. The van der Waals surface area contributed by atoms with E-state index in [-0.39, 0.29) is 11.3 Å². The van der Waals surface area contributed by atoms with Crippen molar-refractivity contribution in [1.29, 1.82) is 0 Å². The second-order valence-corrected chi connectivity index (χ2v) is 6.18. The minimum atomic E-state index is -4.44. The van der Waals surface area contributed by atoms with Crippen molar-refractivity contribution in [2.45, 2.75) is 16.8 Å². The number of nitrogens with one attached hydrogen (secondary N) is 3. The van der Waals surface area contributed by atoms with Crippen LogP contribution in [0.5, 0.6) is 0 Å². The lowest BCUT2D eigenvalue weighted by Crippen LogP contribution is -2.44. The van der Waals surface area contributed by atoms with Gasteiger partial charge in [0.05, 0.1) is 16.3 Å². The summed E-state index contributed by atoms with van der Waals surface area (Å²) in [6, 6.07) is 9.46. The molecule has 0 aliphatic rings. The largest absolute Gasteiger partial charge is 0.416 e. The van der Waals surface area contributed by atoms with E-state index in [1.807, 2.05) is 5.53 Å². The van der Waals surface area contributed by atoms with Crippen LogP contribution >= 0.6 is 23.4 Å². The summed E-state index contributed by atoms with van der Waals surface area (Å²) in [6.07, 6.45) is -4.44. The number of amides is 2. The molecule has 0 unspecified atom stereocenters. The lowest BCUT2D eigenvalue weighted by Gasteiger charge is -2.15. The summed E-state index contributed by atoms with van der Waals surface area (Å²) >= 11 is 7.22. The number of carbonyl (C=O) groups is 1. The number of benzene rings is 2. The van der Waals surface area contributed by atoms with Crippen molar-refractivity contribution in [2.75, 3.05) is 5.32 Å². The number of anilines is 1. The van der Waals surface area contributed by atoms with Gasteiger partial charge in [0.15, 0.2) is 0 Å². The van der Waals surface area contributed by atoms with Crippen LogP contribution in [0.2, 0.25) is 5.02 Å². The van der Waals surface area contributed by atoms with E-state index in [2.05, 4.69) is 10.7 Å². The second-order valence-electron chi connectivity index (χ2n) is 4.78. The number of urea groups is 1. The van der Waals surface area contributed by atoms with E-state index in [1.54, 1.807) is 18.2 Å². The van der Waals surface area contributed by atoms with Gasteiger partial charge in [0.1, 0.15) is 0 Å². The normalized spacial score (nSPS) is 11.2. The Morgan fingerprint density at radius 1 is 1.16 bits per heavy atom. The van der Waals surface area contributed by atoms with Gasteiger partial charge in [-0.3, -0.25) is 11.3 Å². The zero-order chi connectivity index (χ0) is 18.4. The van der Waals surface area contributed by atoms with Crippen molar-refractivity contribution in [2.24, 2.45) is 5.84 Å². The molecule has 2 amide bonds. The lowest BCUT2D eigenvalue weighted by atomic mass is 10.1. The summed E-state index contributed by atoms with van der Waals surface area (Å²) in [4.78, 5) is 12.0. The first-order valence-electron chi connectivity index (χ1n) is 6.92. The summed E-state index contributed by atoms with van der Waals surface area (Å²) < 4.78 is 39.2. The summed E-state index contributed by atoms with van der Waals surface area (Å²) in [7, 11) is 0. The molecule has 0 aliphatic heterocycles. The van der Waals surface area contributed by atoms with Crippen LogP contribution in [0, 0.1) is 0 Å². The van der Waals surface area contributed by atoms with Crippen molar-refractivity contribution in [1.82, 2.24) is 11.0 Å². The Kier molecular flexibility index (Phi) is 6.54. The average Bonchev–Trinajstić information content (AvgIpc) is 2.54. The average molecular weight is 391 g/mol. The van der Waals surface area contributed by atoms with Gasteiger partial charge in [0, 0.05) is 10.6 Å². The van der Waals surface area contributed by atoms with E-state index in [4.69, 9.17) is 17.4 Å². The van der Waals surface area contributed by atoms with Crippen LogP contribution in [-0.4, -0.2) is 6.03 Å². The third-order valence-corrected chi connectivity index (χ3v) is 4.71. The van der Waals surface area contributed by atoms with Gasteiger partial charge in [-0.15, -0.1) is 11.8 Å². The van der Waals surface area contributed by atoms with Crippen LogP contribution in [-0.2, 0) is 11.9 Å². The first kappa shape index (κ1) is 19.4. The van der Waals surface area contributed by atoms with Crippen LogP contribution in [0.3, 0.4) is 0 Å². The monoisotopic (exact) mass is 390 g/mol. The number of thioether (sulfide) groups is 1. The van der Waals surface area contributed by atoms with Crippen molar-refractivity contribution >= 4 is 35.1 Å². The molecule has 2 aromatic carbocycles. The molecule has 0 radical (unpaired) electrons. The van der Waals surface area contributed by atoms with Crippen molar-refractivity contribution in [3.05, 3.63) is 58.6 Å². The lowest BCUT2D eigenvalue weighted by molar-refractivity contribution is -0.138. The molecule has 5 nitrogen and oxygen atoms in total. The predicted molar refractivity (Wildman–Crippen MR) is 91.9 cm³/mol. The summed E-state index contributed by atoms with van der Waals surface area (Å²) in [5.74, 6) is 5.02. The van der Waals surface area contributed by atoms with Crippen LogP contribution in [0.1, 0.15) is 11.1 Å². The highest BCUT2D eigenvalue weighted by atomic mass is 35.5. The topological polar surface area (TPSA) is 79.2 Å². The Morgan fingerprint density at radius 3 is 2.56 bits per heavy atom. The molecule has 2 aromatic rings. The van der Waals surface area contributed by atoms with Crippen LogP contribution in [0.25, 0.3) is 0 Å². The highest BCUT2D eigenvalue weighted by Gasteiger charge is 2.32. The molecule has 0 saturated heterocycles. The quantitative estimate of drug-likeness (QED) is 0.351. The van der Waals surface area contributed by atoms with Crippen molar-refractivity contribution in [3.8, 4) is 0 Å². The highest BCUT2D eigenvalue weighted by Crippen LogP contribution is 2.39. The maximum absolute atomic E-state index is 13.1. The molecular weight excluding hydrogens is 377 g/mol. The zero-order valence-corrected chi connectivity index (χ0v) is 14.2. The van der Waals surface area contributed by atoms with Gasteiger partial charge in [0.2, 0.25) is 0 Å². The van der Waals surface area contributed by atoms with E-state index in [0.717, 1.165) is 17.8 Å². The van der Waals surface area contributed by atoms with Gasteiger partial charge in [-0.2, -0.15) is 18.7 Å². The van der Waals surface area contributed by atoms with Crippen molar-refractivity contribution < 1.29 is 18.0 Å². The number of rotatable bonds is 5. The fourth-order valence-corrected chi connectivity index (χ4v) is 3.42. The number of nitrogens with two attached hydrogens (primary N) is 1. The highest BCUT2D eigenvalue weighted by molar-refractivity contribution is 7.98. The zero-order valence-electron chi connectivity index (χ0n) is 12.7. The molecule has 0 atom stereocenters. The summed E-state index contributed by atoms with van der Waals surface area (Å²) in [5, 5.41) is 2.83. The van der Waals surface area contributed by atoms with E-state index >= 15 is 0 Å². The first-order chi connectivity index (χ1) is 11.8. The van der Waals surface area contributed by atoms with E-state index in [9.17, 15) is 18.0 Å². The molecule has 2 rings (SSSR count). The maximum Gasteiger partial charge on any atom is 0.416 e. The Labute approximate surface area is 151 Å². The van der Waals surface area contributed by atoms with E-state index in [0.29, 0.717) is 15.6 Å². The van der Waals surface area contributed by atoms with Crippen LogP contribution in [0.15, 0.2) is 47.4 Å². The van der Waals surface area contributed by atoms with Gasteiger partial charge in [-0.05, 0) is 23.8 Å². The fraction of sp³-hybridized carbons (Fsp3) is 0.133. The van der Waals surface area contributed by atoms with Crippen molar-refractivity contribution in [3.63, 3.8) is 0 Å². The minimum absolute atomic E-state index is 0.0326. The maximum atomic E-state index is 13.1. The van der Waals surface area contributed by atoms with E-state index in [1.165, 1.54) is 18.2 Å². The third-order valence-electron chi connectivity index (χ3n) is 3.10. The van der Waals surface area contributed by atoms with Gasteiger partial charge in [0.25, 0.3) is 0 Å². The molecule has 0 bridgehead atoms. The molecule has 0 spiro atoms. The summed E-state index contributed by atoms with van der Waals surface area (Å²) in [5.41, 5.74) is 3.88. The van der Waals surface area contributed by atoms with Gasteiger partial charge in [-0.1, -0.05) is 35.9 Å². The second kappa shape index (κ2) is 8.43. The first-order valence-corrected chi connectivity index (χ1v) is 8.28. The van der Waals surface area contributed by atoms with Gasteiger partial charge < -0.3 is 5.32 Å². The number of carbonyl (C=O) groups excluding carboxylic acids is 1.